The highest BCUT2D eigenvalue weighted by Crippen LogP contribution is 2.06. The van der Waals surface area contributed by atoms with E-state index in [1.165, 1.54) is 0 Å². The molecule has 1 aromatic rings. The predicted molar refractivity (Wildman–Crippen MR) is 62.6 cm³/mol. The van der Waals surface area contributed by atoms with Crippen LogP contribution in [0, 0.1) is 0 Å². The predicted octanol–water partition coefficient (Wildman–Crippen LogP) is 0.886. The maximum absolute atomic E-state index is 11.2. The number of rotatable bonds is 5. The van der Waals surface area contributed by atoms with E-state index in [1.54, 1.807) is 24.3 Å². The minimum atomic E-state index is -3.17. The molecular weight excluding hydrogens is 226 g/mol. The van der Waals surface area contributed by atoms with Crippen molar-refractivity contribution in [1.29, 1.82) is 0 Å². The van der Waals surface area contributed by atoms with Gasteiger partial charge in [-0.1, -0.05) is 18.7 Å². The lowest BCUT2D eigenvalue weighted by Gasteiger charge is -2.01. The summed E-state index contributed by atoms with van der Waals surface area (Å²) in [5.41, 5.74) is 6.34. The summed E-state index contributed by atoms with van der Waals surface area (Å²) in [6, 6.07) is 6.55. The second-order valence-electron chi connectivity index (χ2n) is 3.34. The largest absolute Gasteiger partial charge is 0.366 e. The van der Waals surface area contributed by atoms with Gasteiger partial charge in [0.1, 0.15) is 0 Å². The van der Waals surface area contributed by atoms with Crippen molar-refractivity contribution >= 4 is 15.7 Å². The highest BCUT2D eigenvalue weighted by atomic mass is 32.2. The second kappa shape index (κ2) is 4.94. The van der Waals surface area contributed by atoms with Crippen LogP contribution in [0.25, 0.3) is 0 Å². The van der Waals surface area contributed by atoms with Gasteiger partial charge in [0.25, 0.3) is 0 Å². The van der Waals surface area contributed by atoms with E-state index in [-0.39, 0.29) is 5.75 Å². The zero-order valence-corrected chi connectivity index (χ0v) is 9.53. The minimum Gasteiger partial charge on any atom is -0.366 e. The Balaban J connectivity index is 2.70. The number of nitrogens with two attached hydrogens (primary N) is 1. The third kappa shape index (κ3) is 3.51. The van der Waals surface area contributed by atoms with Crippen molar-refractivity contribution < 1.29 is 13.2 Å². The van der Waals surface area contributed by atoms with Crippen LogP contribution in [0.4, 0.5) is 0 Å². The molecule has 0 fully saturated rings. The SMILES string of the molecule is C=CS(=O)(=O)CCc1ccc(C(N)=O)cc1. The molecule has 1 aromatic carbocycles. The fourth-order valence-electron chi connectivity index (χ4n) is 1.18. The van der Waals surface area contributed by atoms with Crippen LogP contribution >= 0.6 is 0 Å². The van der Waals surface area contributed by atoms with Gasteiger partial charge in [0.2, 0.25) is 5.91 Å². The fourth-order valence-corrected chi connectivity index (χ4v) is 1.87. The number of aryl methyl sites for hydroxylation is 1. The molecular formula is C11H13NO3S. The van der Waals surface area contributed by atoms with Crippen LogP contribution in [0.15, 0.2) is 36.3 Å². The lowest BCUT2D eigenvalue weighted by atomic mass is 10.1. The normalized spacial score (nSPS) is 11.0. The van der Waals surface area contributed by atoms with Crippen LogP contribution in [0.1, 0.15) is 15.9 Å². The number of carbonyl (C=O) groups is 1. The van der Waals surface area contributed by atoms with Crippen molar-refractivity contribution in [2.45, 2.75) is 6.42 Å². The molecule has 0 saturated heterocycles. The number of sulfone groups is 1. The van der Waals surface area contributed by atoms with E-state index < -0.39 is 15.7 Å². The monoisotopic (exact) mass is 239 g/mol. The number of hydrogen-bond donors (Lipinski definition) is 1. The summed E-state index contributed by atoms with van der Waals surface area (Å²) in [5.74, 6) is -0.475. The zero-order chi connectivity index (χ0) is 12.2. The Morgan fingerprint density at radius 1 is 1.31 bits per heavy atom. The molecule has 0 atom stereocenters. The van der Waals surface area contributed by atoms with Gasteiger partial charge in [0.05, 0.1) is 5.75 Å². The Bertz CT molecular complexity index is 488. The first kappa shape index (κ1) is 12.4. The average molecular weight is 239 g/mol. The number of carbonyl (C=O) groups excluding carboxylic acids is 1. The number of hydrogen-bond acceptors (Lipinski definition) is 3. The fraction of sp³-hybridized carbons (Fsp3) is 0.182. The highest BCUT2D eigenvalue weighted by molar-refractivity contribution is 7.94. The first-order chi connectivity index (χ1) is 7.44. The molecule has 5 heteroatoms. The van der Waals surface area contributed by atoms with Gasteiger partial charge in [-0.15, -0.1) is 0 Å². The van der Waals surface area contributed by atoms with Gasteiger partial charge in [-0.2, -0.15) is 0 Å². The molecule has 0 aromatic heterocycles. The minimum absolute atomic E-state index is 0.0203. The molecule has 0 aliphatic rings. The summed E-state index contributed by atoms with van der Waals surface area (Å²) >= 11 is 0. The summed E-state index contributed by atoms with van der Waals surface area (Å²) in [7, 11) is -3.17. The van der Waals surface area contributed by atoms with Crippen molar-refractivity contribution in [1.82, 2.24) is 0 Å². The lowest BCUT2D eigenvalue weighted by Crippen LogP contribution is -2.11. The van der Waals surface area contributed by atoms with Crippen LogP contribution in [0.3, 0.4) is 0 Å². The lowest BCUT2D eigenvalue weighted by molar-refractivity contribution is 0.100. The maximum atomic E-state index is 11.2. The van der Waals surface area contributed by atoms with Gasteiger partial charge >= 0.3 is 0 Å². The number of amides is 1. The molecule has 0 heterocycles. The van der Waals surface area contributed by atoms with E-state index in [4.69, 9.17) is 5.73 Å². The smallest absolute Gasteiger partial charge is 0.248 e. The first-order valence-electron chi connectivity index (χ1n) is 4.68. The average Bonchev–Trinajstić information content (AvgIpc) is 2.27. The molecule has 0 radical (unpaired) electrons. The second-order valence-corrected chi connectivity index (χ2v) is 5.41. The van der Waals surface area contributed by atoms with Crippen LogP contribution in [0.2, 0.25) is 0 Å². The molecule has 0 saturated carbocycles. The summed E-state index contributed by atoms with van der Waals surface area (Å²) in [6.07, 6.45) is 0.396. The summed E-state index contributed by atoms with van der Waals surface area (Å²) in [5, 5.41) is 0.949. The highest BCUT2D eigenvalue weighted by Gasteiger charge is 2.06. The number of primary amides is 1. The van der Waals surface area contributed by atoms with E-state index in [2.05, 4.69) is 6.58 Å². The van der Waals surface area contributed by atoms with Gasteiger partial charge in [-0.3, -0.25) is 4.79 Å². The molecule has 4 nitrogen and oxygen atoms in total. The Kier molecular flexibility index (Phi) is 3.84. The molecule has 0 spiro atoms. The van der Waals surface area contributed by atoms with Crippen LogP contribution in [0.5, 0.6) is 0 Å². The third-order valence-corrected chi connectivity index (χ3v) is 3.45. The molecule has 1 rings (SSSR count). The molecule has 16 heavy (non-hydrogen) atoms. The quantitative estimate of drug-likeness (QED) is 0.828. The van der Waals surface area contributed by atoms with Gasteiger partial charge in [0, 0.05) is 11.0 Å². The van der Waals surface area contributed by atoms with E-state index >= 15 is 0 Å². The van der Waals surface area contributed by atoms with Crippen molar-refractivity contribution in [3.8, 4) is 0 Å². The van der Waals surface area contributed by atoms with Gasteiger partial charge in [0.15, 0.2) is 9.84 Å². The molecule has 0 aliphatic heterocycles. The van der Waals surface area contributed by atoms with Crippen LogP contribution in [-0.2, 0) is 16.3 Å². The number of benzene rings is 1. The van der Waals surface area contributed by atoms with Crippen molar-refractivity contribution in [3.05, 3.63) is 47.4 Å². The van der Waals surface area contributed by atoms with Gasteiger partial charge in [-0.25, -0.2) is 8.42 Å². The molecule has 1 amide bonds. The third-order valence-electron chi connectivity index (χ3n) is 2.17. The van der Waals surface area contributed by atoms with Crippen LogP contribution in [-0.4, -0.2) is 20.1 Å². The topological polar surface area (TPSA) is 77.2 Å². The Morgan fingerprint density at radius 3 is 2.31 bits per heavy atom. The Labute approximate surface area is 94.7 Å². The van der Waals surface area contributed by atoms with Crippen molar-refractivity contribution in [3.63, 3.8) is 0 Å². The van der Waals surface area contributed by atoms with Gasteiger partial charge < -0.3 is 5.73 Å². The Hall–Kier alpha value is -1.62. The first-order valence-corrected chi connectivity index (χ1v) is 6.40. The summed E-state index contributed by atoms with van der Waals surface area (Å²) in [6.45, 7) is 3.23. The molecule has 0 unspecified atom stereocenters. The van der Waals surface area contributed by atoms with E-state index in [0.29, 0.717) is 12.0 Å². The summed E-state index contributed by atoms with van der Waals surface area (Å²) < 4.78 is 22.3. The molecule has 0 aliphatic carbocycles. The maximum Gasteiger partial charge on any atom is 0.248 e. The summed E-state index contributed by atoms with van der Waals surface area (Å²) in [4.78, 5) is 10.8. The Morgan fingerprint density at radius 2 is 1.88 bits per heavy atom. The van der Waals surface area contributed by atoms with E-state index in [0.717, 1.165) is 11.0 Å². The van der Waals surface area contributed by atoms with E-state index in [1.807, 2.05) is 0 Å². The standard InChI is InChI=1S/C11H13NO3S/c1-2-16(14,15)8-7-9-3-5-10(6-4-9)11(12)13/h2-6H,1,7-8H2,(H2,12,13). The molecule has 0 bridgehead atoms. The molecule has 2 N–H and O–H groups in total. The zero-order valence-electron chi connectivity index (χ0n) is 8.72. The van der Waals surface area contributed by atoms with E-state index in [9.17, 15) is 13.2 Å². The van der Waals surface area contributed by atoms with Crippen molar-refractivity contribution in [2.75, 3.05) is 5.75 Å². The van der Waals surface area contributed by atoms with Gasteiger partial charge in [-0.05, 0) is 24.1 Å². The van der Waals surface area contributed by atoms with Crippen LogP contribution < -0.4 is 5.73 Å². The van der Waals surface area contributed by atoms with Crippen molar-refractivity contribution in [2.24, 2.45) is 5.73 Å². The molecule has 86 valence electrons.